The van der Waals surface area contributed by atoms with E-state index in [1.165, 1.54) is 0 Å². The monoisotopic (exact) mass is 253 g/mol. The largest absolute Gasteiger partial charge is 0.481 e. The molecule has 100 valence electrons. The molecule has 0 saturated carbocycles. The topological polar surface area (TPSA) is 67.6 Å². The summed E-state index contributed by atoms with van der Waals surface area (Å²) in [5.74, 6) is -0.810. The molecule has 0 radical (unpaired) electrons. The second-order valence-electron chi connectivity index (χ2n) is 4.64. The molecular formula is C12H19N3O3. The quantitative estimate of drug-likeness (QED) is 0.853. The van der Waals surface area contributed by atoms with Crippen molar-refractivity contribution in [1.29, 1.82) is 0 Å². The van der Waals surface area contributed by atoms with Gasteiger partial charge in [-0.3, -0.25) is 14.4 Å². The van der Waals surface area contributed by atoms with E-state index < -0.39 is 5.97 Å². The molecule has 1 aromatic heterocycles. The zero-order valence-corrected chi connectivity index (χ0v) is 10.7. The van der Waals surface area contributed by atoms with Gasteiger partial charge in [-0.25, -0.2) is 0 Å². The van der Waals surface area contributed by atoms with Crippen molar-refractivity contribution >= 4 is 5.97 Å². The molecule has 1 aliphatic heterocycles. The molecule has 2 rings (SSSR count). The summed E-state index contributed by atoms with van der Waals surface area (Å²) in [6.07, 6.45) is 1.63. The minimum Gasteiger partial charge on any atom is -0.481 e. The van der Waals surface area contributed by atoms with Crippen LogP contribution < -0.4 is 0 Å². The predicted octanol–water partition coefficient (Wildman–Crippen LogP) is 0.657. The van der Waals surface area contributed by atoms with E-state index in [0.29, 0.717) is 13.2 Å². The maximum absolute atomic E-state index is 10.7. The number of carbonyl (C=O) groups is 1. The summed E-state index contributed by atoms with van der Waals surface area (Å²) in [7, 11) is 1.92. The summed E-state index contributed by atoms with van der Waals surface area (Å²) in [6.45, 7) is 4.17. The van der Waals surface area contributed by atoms with Crippen molar-refractivity contribution in [2.45, 2.75) is 25.5 Å². The maximum Gasteiger partial charge on any atom is 0.306 e. The van der Waals surface area contributed by atoms with Crippen LogP contribution in [0.2, 0.25) is 0 Å². The first-order chi connectivity index (χ1) is 8.58. The molecule has 0 aromatic carbocycles. The highest BCUT2D eigenvalue weighted by Crippen LogP contribution is 2.22. The lowest BCUT2D eigenvalue weighted by atomic mass is 10.1. The van der Waals surface area contributed by atoms with Crippen LogP contribution in [0.15, 0.2) is 12.3 Å². The van der Waals surface area contributed by atoms with Gasteiger partial charge in [0.15, 0.2) is 0 Å². The Balaban J connectivity index is 2.00. The average Bonchev–Trinajstić information content (AvgIpc) is 2.74. The lowest BCUT2D eigenvalue weighted by Crippen LogP contribution is -2.44. The van der Waals surface area contributed by atoms with Gasteiger partial charge in [-0.05, 0) is 13.0 Å². The van der Waals surface area contributed by atoms with E-state index in [1.54, 1.807) is 6.20 Å². The van der Waals surface area contributed by atoms with Gasteiger partial charge in [0.1, 0.15) is 0 Å². The third-order valence-electron chi connectivity index (χ3n) is 3.41. The summed E-state index contributed by atoms with van der Waals surface area (Å²) < 4.78 is 7.33. The zero-order chi connectivity index (χ0) is 13.1. The molecule has 0 spiro atoms. The van der Waals surface area contributed by atoms with Gasteiger partial charge in [0.25, 0.3) is 0 Å². The first-order valence-corrected chi connectivity index (χ1v) is 6.13. The van der Waals surface area contributed by atoms with Crippen LogP contribution in [-0.4, -0.2) is 51.6 Å². The van der Waals surface area contributed by atoms with Crippen molar-refractivity contribution in [3.8, 4) is 0 Å². The van der Waals surface area contributed by atoms with Gasteiger partial charge in [-0.1, -0.05) is 0 Å². The normalized spacial score (nSPS) is 22.9. The van der Waals surface area contributed by atoms with Crippen LogP contribution in [0.1, 0.15) is 25.1 Å². The first-order valence-electron chi connectivity index (χ1n) is 6.13. The highest BCUT2D eigenvalue weighted by Gasteiger charge is 2.27. The Morgan fingerprint density at radius 2 is 2.50 bits per heavy atom. The fourth-order valence-electron chi connectivity index (χ4n) is 2.39. The summed E-state index contributed by atoms with van der Waals surface area (Å²) in [5, 5.41) is 13.0. The van der Waals surface area contributed by atoms with Gasteiger partial charge < -0.3 is 9.84 Å². The zero-order valence-electron chi connectivity index (χ0n) is 10.7. The summed E-state index contributed by atoms with van der Waals surface area (Å²) >= 11 is 0. The van der Waals surface area contributed by atoms with Gasteiger partial charge >= 0.3 is 5.97 Å². The Morgan fingerprint density at radius 1 is 1.72 bits per heavy atom. The van der Waals surface area contributed by atoms with Crippen molar-refractivity contribution in [3.05, 3.63) is 18.0 Å². The number of nitrogens with zero attached hydrogens (tertiary/aromatic N) is 3. The number of hydrogen-bond acceptors (Lipinski definition) is 4. The fourth-order valence-corrected chi connectivity index (χ4v) is 2.39. The Hall–Kier alpha value is -1.40. The van der Waals surface area contributed by atoms with Gasteiger partial charge in [0.2, 0.25) is 0 Å². The molecular weight excluding hydrogens is 234 g/mol. The Labute approximate surface area is 106 Å². The number of aromatic nitrogens is 2. The van der Waals surface area contributed by atoms with E-state index in [-0.39, 0.29) is 18.6 Å². The third-order valence-corrected chi connectivity index (χ3v) is 3.41. The Bertz CT molecular complexity index is 418. The van der Waals surface area contributed by atoms with Crippen molar-refractivity contribution in [2.24, 2.45) is 7.05 Å². The maximum atomic E-state index is 10.7. The van der Waals surface area contributed by atoms with Crippen molar-refractivity contribution in [1.82, 2.24) is 14.7 Å². The molecule has 2 atom stereocenters. The van der Waals surface area contributed by atoms with E-state index in [4.69, 9.17) is 9.84 Å². The molecule has 18 heavy (non-hydrogen) atoms. The molecule has 6 heteroatoms. The summed E-state index contributed by atoms with van der Waals surface area (Å²) in [4.78, 5) is 13.0. The van der Waals surface area contributed by atoms with Crippen LogP contribution in [0, 0.1) is 0 Å². The minimum absolute atomic E-state index is 0.0641. The number of aryl methyl sites for hydroxylation is 1. The van der Waals surface area contributed by atoms with E-state index >= 15 is 0 Å². The predicted molar refractivity (Wildman–Crippen MR) is 65.2 cm³/mol. The highest BCUT2D eigenvalue weighted by atomic mass is 16.5. The number of morpholine rings is 1. The molecule has 2 unspecified atom stereocenters. The third kappa shape index (κ3) is 2.88. The number of hydrogen-bond donors (Lipinski definition) is 1. The number of ether oxygens (including phenoxy) is 1. The van der Waals surface area contributed by atoms with Crippen LogP contribution in [-0.2, 0) is 16.6 Å². The molecule has 0 amide bonds. The average molecular weight is 253 g/mol. The molecule has 1 aromatic rings. The molecule has 1 fully saturated rings. The van der Waals surface area contributed by atoms with E-state index in [0.717, 1.165) is 12.2 Å². The Morgan fingerprint density at radius 3 is 3.11 bits per heavy atom. The first kappa shape index (κ1) is 13.0. The number of carboxylic acids is 1. The highest BCUT2D eigenvalue weighted by molar-refractivity contribution is 5.67. The van der Waals surface area contributed by atoms with Crippen LogP contribution >= 0.6 is 0 Å². The smallest absolute Gasteiger partial charge is 0.306 e. The second-order valence-corrected chi connectivity index (χ2v) is 4.64. The summed E-state index contributed by atoms with van der Waals surface area (Å²) in [6, 6.07) is 2.21. The number of rotatable bonds is 4. The van der Waals surface area contributed by atoms with Crippen molar-refractivity contribution < 1.29 is 14.6 Å². The van der Waals surface area contributed by atoms with Crippen molar-refractivity contribution in [2.75, 3.05) is 19.7 Å². The summed E-state index contributed by atoms with van der Waals surface area (Å²) in [5.41, 5.74) is 1.13. The van der Waals surface area contributed by atoms with Gasteiger partial charge in [0, 0.05) is 32.4 Å². The van der Waals surface area contributed by atoms with E-state index in [1.807, 2.05) is 17.8 Å². The lowest BCUT2D eigenvalue weighted by molar-refractivity contribution is -0.142. The van der Waals surface area contributed by atoms with Crippen LogP contribution in [0.25, 0.3) is 0 Å². The molecule has 0 aliphatic carbocycles. The van der Waals surface area contributed by atoms with E-state index in [9.17, 15) is 4.79 Å². The van der Waals surface area contributed by atoms with Crippen LogP contribution in [0.3, 0.4) is 0 Å². The minimum atomic E-state index is -0.810. The number of carboxylic acid groups (broad SMARTS) is 1. The fraction of sp³-hybridized carbons (Fsp3) is 0.667. The van der Waals surface area contributed by atoms with Gasteiger partial charge in [-0.15, -0.1) is 0 Å². The SMILES string of the molecule is CC(c1ccnn1C)N1CCOC(CC(=O)O)C1. The van der Waals surface area contributed by atoms with Crippen molar-refractivity contribution in [3.63, 3.8) is 0 Å². The molecule has 0 bridgehead atoms. The molecule has 1 saturated heterocycles. The standard InChI is InChI=1S/C12H19N3O3/c1-9(11-3-4-13-14(11)2)15-5-6-18-10(8-15)7-12(16)17/h3-4,9-10H,5-8H2,1-2H3,(H,16,17). The Kier molecular flexibility index (Phi) is 3.98. The lowest BCUT2D eigenvalue weighted by Gasteiger charge is -2.36. The molecule has 2 heterocycles. The van der Waals surface area contributed by atoms with Crippen LogP contribution in [0.4, 0.5) is 0 Å². The van der Waals surface area contributed by atoms with Crippen LogP contribution in [0.5, 0.6) is 0 Å². The molecule has 1 aliphatic rings. The number of aliphatic carboxylic acids is 1. The molecule has 6 nitrogen and oxygen atoms in total. The van der Waals surface area contributed by atoms with Gasteiger partial charge in [0.05, 0.1) is 24.8 Å². The van der Waals surface area contributed by atoms with Gasteiger partial charge in [-0.2, -0.15) is 5.10 Å². The molecule has 1 N–H and O–H groups in total. The van der Waals surface area contributed by atoms with E-state index in [2.05, 4.69) is 16.9 Å². The second kappa shape index (κ2) is 5.49.